The lowest BCUT2D eigenvalue weighted by molar-refractivity contribution is -0.0494. The van der Waals surface area contributed by atoms with Gasteiger partial charge in [0.25, 0.3) is 11.8 Å². The standard InChI is InChI=1S/C20H17F2N3O3/c21-20(22)6-9-24(10-7-20)18(26)14-11-13-5-8-25(17(13)23-12-14)16-4-2-1-3-15(16)19(27)28/h1-5,8,11-12H,6-7,9-10H2,(H,27,28). The molecule has 1 fully saturated rings. The summed E-state index contributed by atoms with van der Waals surface area (Å²) in [6.45, 7) is 0.0216. The highest BCUT2D eigenvalue weighted by Gasteiger charge is 2.35. The minimum absolute atomic E-state index is 0.0108. The van der Waals surface area contributed by atoms with E-state index in [0.717, 1.165) is 0 Å². The van der Waals surface area contributed by atoms with Crippen LogP contribution in [0.1, 0.15) is 33.6 Å². The number of nitrogens with zero attached hydrogens (tertiary/aromatic N) is 3. The third kappa shape index (κ3) is 3.21. The van der Waals surface area contributed by atoms with Gasteiger partial charge >= 0.3 is 5.97 Å². The molecule has 28 heavy (non-hydrogen) atoms. The minimum Gasteiger partial charge on any atom is -0.478 e. The fraction of sp³-hybridized carbons (Fsp3) is 0.250. The fourth-order valence-electron chi connectivity index (χ4n) is 3.42. The Morgan fingerprint density at radius 3 is 2.54 bits per heavy atom. The molecule has 1 N–H and O–H groups in total. The first kappa shape index (κ1) is 18.1. The maximum Gasteiger partial charge on any atom is 0.337 e. The first-order chi connectivity index (χ1) is 13.4. The number of benzene rings is 1. The molecule has 0 unspecified atom stereocenters. The highest BCUT2D eigenvalue weighted by atomic mass is 19.3. The highest BCUT2D eigenvalue weighted by molar-refractivity contribution is 5.98. The highest BCUT2D eigenvalue weighted by Crippen LogP contribution is 2.29. The van der Waals surface area contributed by atoms with Crippen molar-refractivity contribution in [3.63, 3.8) is 0 Å². The zero-order chi connectivity index (χ0) is 19.9. The molecule has 8 heteroatoms. The van der Waals surface area contributed by atoms with E-state index in [9.17, 15) is 23.5 Å². The van der Waals surface area contributed by atoms with Gasteiger partial charge in [0.05, 0.1) is 16.8 Å². The third-order valence-electron chi connectivity index (χ3n) is 4.95. The Kier molecular flexibility index (Phi) is 4.33. The van der Waals surface area contributed by atoms with Crippen LogP contribution in [-0.2, 0) is 0 Å². The fourth-order valence-corrected chi connectivity index (χ4v) is 3.42. The van der Waals surface area contributed by atoms with Crippen molar-refractivity contribution in [2.45, 2.75) is 18.8 Å². The van der Waals surface area contributed by atoms with E-state index in [1.54, 1.807) is 41.1 Å². The van der Waals surface area contributed by atoms with Gasteiger partial charge in [0.2, 0.25) is 0 Å². The van der Waals surface area contributed by atoms with Crippen molar-refractivity contribution in [2.75, 3.05) is 13.1 Å². The van der Waals surface area contributed by atoms with Crippen molar-refractivity contribution in [2.24, 2.45) is 0 Å². The number of carboxylic acids is 1. The zero-order valence-corrected chi connectivity index (χ0v) is 14.8. The number of carbonyl (C=O) groups excluding carboxylic acids is 1. The maximum absolute atomic E-state index is 13.3. The number of aromatic nitrogens is 2. The quantitative estimate of drug-likeness (QED) is 0.748. The van der Waals surface area contributed by atoms with Gasteiger partial charge < -0.3 is 14.6 Å². The molecule has 2 aromatic heterocycles. The van der Waals surface area contributed by atoms with E-state index < -0.39 is 11.9 Å². The van der Waals surface area contributed by atoms with Crippen LogP contribution in [0.4, 0.5) is 8.78 Å². The normalized spacial score (nSPS) is 16.3. The zero-order valence-electron chi connectivity index (χ0n) is 14.8. The van der Waals surface area contributed by atoms with E-state index in [1.165, 1.54) is 17.2 Å². The summed E-state index contributed by atoms with van der Waals surface area (Å²) in [6, 6.07) is 9.95. The number of hydrogen-bond donors (Lipinski definition) is 1. The van der Waals surface area contributed by atoms with E-state index in [0.29, 0.717) is 22.3 Å². The molecule has 3 aromatic rings. The van der Waals surface area contributed by atoms with E-state index in [1.807, 2.05) is 0 Å². The first-order valence-electron chi connectivity index (χ1n) is 8.83. The number of hydrogen-bond acceptors (Lipinski definition) is 3. The Hall–Kier alpha value is -3.29. The second-order valence-corrected chi connectivity index (χ2v) is 6.79. The van der Waals surface area contributed by atoms with E-state index >= 15 is 0 Å². The molecule has 0 aliphatic carbocycles. The summed E-state index contributed by atoms with van der Waals surface area (Å²) in [6.07, 6.45) is 2.42. The number of para-hydroxylation sites is 1. The molecule has 0 radical (unpaired) electrons. The van der Waals surface area contributed by atoms with Crippen molar-refractivity contribution >= 4 is 22.9 Å². The SMILES string of the molecule is O=C(O)c1ccccc1-n1ccc2cc(C(=O)N3CCC(F)(F)CC3)cnc21. The maximum atomic E-state index is 13.3. The Morgan fingerprint density at radius 1 is 1.11 bits per heavy atom. The number of carboxylic acid groups (broad SMARTS) is 1. The lowest BCUT2D eigenvalue weighted by atomic mass is 10.1. The van der Waals surface area contributed by atoms with Gasteiger partial charge in [-0.3, -0.25) is 4.79 Å². The molecule has 0 atom stereocenters. The number of halogens is 2. The summed E-state index contributed by atoms with van der Waals surface area (Å²) >= 11 is 0. The molecule has 1 aromatic carbocycles. The van der Waals surface area contributed by atoms with Gasteiger partial charge in [-0.15, -0.1) is 0 Å². The summed E-state index contributed by atoms with van der Waals surface area (Å²) < 4.78 is 28.3. The molecule has 1 saturated heterocycles. The van der Waals surface area contributed by atoms with Crippen molar-refractivity contribution < 1.29 is 23.5 Å². The van der Waals surface area contributed by atoms with Crippen LogP contribution in [0.2, 0.25) is 0 Å². The Labute approximate surface area is 159 Å². The molecule has 0 bridgehead atoms. The largest absolute Gasteiger partial charge is 0.478 e. The monoisotopic (exact) mass is 385 g/mol. The van der Waals surface area contributed by atoms with E-state index in [2.05, 4.69) is 4.98 Å². The number of aromatic carboxylic acids is 1. The van der Waals surface area contributed by atoms with Gasteiger partial charge in [0, 0.05) is 43.7 Å². The summed E-state index contributed by atoms with van der Waals surface area (Å²) in [5.74, 6) is -4.09. The average Bonchev–Trinajstić information content (AvgIpc) is 3.10. The van der Waals surface area contributed by atoms with Crippen molar-refractivity contribution in [1.29, 1.82) is 0 Å². The Bertz CT molecular complexity index is 1070. The van der Waals surface area contributed by atoms with Crippen LogP contribution < -0.4 is 0 Å². The van der Waals surface area contributed by atoms with Crippen molar-refractivity contribution in [1.82, 2.24) is 14.5 Å². The predicted molar refractivity (Wildman–Crippen MR) is 98.1 cm³/mol. The van der Waals surface area contributed by atoms with Gasteiger partial charge in [-0.1, -0.05) is 12.1 Å². The molecule has 6 nitrogen and oxygen atoms in total. The van der Waals surface area contributed by atoms with Crippen LogP contribution in [0.3, 0.4) is 0 Å². The molecular formula is C20H17F2N3O3. The first-order valence-corrected chi connectivity index (χ1v) is 8.83. The van der Waals surface area contributed by atoms with Crippen LogP contribution in [0.5, 0.6) is 0 Å². The number of fused-ring (bicyclic) bond motifs is 1. The lowest BCUT2D eigenvalue weighted by Gasteiger charge is -2.31. The molecule has 1 aliphatic rings. The number of likely N-dealkylation sites (tertiary alicyclic amines) is 1. The van der Waals surface area contributed by atoms with E-state index in [-0.39, 0.29) is 37.4 Å². The third-order valence-corrected chi connectivity index (χ3v) is 4.95. The second kappa shape index (κ2) is 6.70. The van der Waals surface area contributed by atoms with Gasteiger partial charge in [0.15, 0.2) is 0 Å². The number of pyridine rings is 1. The Balaban J connectivity index is 1.66. The molecular weight excluding hydrogens is 368 g/mol. The molecule has 4 rings (SSSR count). The summed E-state index contributed by atoms with van der Waals surface area (Å²) in [5.41, 5.74) is 1.43. The van der Waals surface area contributed by atoms with Crippen LogP contribution >= 0.6 is 0 Å². The molecule has 1 amide bonds. The number of amides is 1. The van der Waals surface area contributed by atoms with Gasteiger partial charge in [-0.2, -0.15) is 0 Å². The van der Waals surface area contributed by atoms with Crippen LogP contribution in [0.25, 0.3) is 16.7 Å². The lowest BCUT2D eigenvalue weighted by Crippen LogP contribution is -2.42. The molecule has 0 spiro atoms. The smallest absolute Gasteiger partial charge is 0.337 e. The average molecular weight is 385 g/mol. The van der Waals surface area contributed by atoms with Crippen molar-refractivity contribution in [3.05, 3.63) is 59.9 Å². The number of alkyl halides is 2. The number of carbonyl (C=O) groups is 2. The number of piperidine rings is 1. The van der Waals surface area contributed by atoms with Gasteiger partial charge in [0.1, 0.15) is 5.65 Å². The van der Waals surface area contributed by atoms with Crippen LogP contribution in [-0.4, -0.2) is 50.4 Å². The van der Waals surface area contributed by atoms with Gasteiger partial charge in [-0.25, -0.2) is 18.6 Å². The molecule has 144 valence electrons. The van der Waals surface area contributed by atoms with Gasteiger partial charge in [-0.05, 0) is 24.3 Å². The van der Waals surface area contributed by atoms with Crippen LogP contribution in [0, 0.1) is 0 Å². The minimum atomic E-state index is -2.71. The molecule has 0 saturated carbocycles. The predicted octanol–water partition coefficient (Wildman–Crippen LogP) is 3.60. The summed E-state index contributed by atoms with van der Waals surface area (Å²) in [4.78, 5) is 29.9. The topological polar surface area (TPSA) is 75.4 Å². The number of rotatable bonds is 3. The van der Waals surface area contributed by atoms with Crippen LogP contribution in [0.15, 0.2) is 48.8 Å². The molecule has 1 aliphatic heterocycles. The molecule has 3 heterocycles. The summed E-state index contributed by atoms with van der Waals surface area (Å²) in [5, 5.41) is 10.1. The van der Waals surface area contributed by atoms with Crippen molar-refractivity contribution in [3.8, 4) is 5.69 Å². The van der Waals surface area contributed by atoms with E-state index in [4.69, 9.17) is 0 Å². The summed E-state index contributed by atoms with van der Waals surface area (Å²) in [7, 11) is 0. The second-order valence-electron chi connectivity index (χ2n) is 6.79. The Morgan fingerprint density at radius 2 is 1.82 bits per heavy atom.